The first-order valence-corrected chi connectivity index (χ1v) is 10.5. The second-order valence-electron chi connectivity index (χ2n) is 6.75. The lowest BCUT2D eigenvalue weighted by atomic mass is 10.2. The summed E-state index contributed by atoms with van der Waals surface area (Å²) >= 11 is 6.07. The number of piperazine rings is 1. The number of carbonyl (C=O) groups excluding carboxylic acids is 4. The van der Waals surface area contributed by atoms with E-state index in [1.807, 2.05) is 12.1 Å². The summed E-state index contributed by atoms with van der Waals surface area (Å²) in [6.45, 7) is 13.6. The number of nitrogens with two attached hydrogens (primary N) is 2. The average Bonchev–Trinajstić information content (AvgIpc) is 2.74. The van der Waals surface area contributed by atoms with Gasteiger partial charge in [0.05, 0.1) is 0 Å². The van der Waals surface area contributed by atoms with Crippen molar-refractivity contribution in [2.75, 3.05) is 57.3 Å². The molecule has 2 rings (SSSR count). The summed E-state index contributed by atoms with van der Waals surface area (Å²) in [5, 5.41) is 0.825. The molecule has 0 bridgehead atoms. The Hall–Kier alpha value is -2.93. The number of hydrogen-bond donors (Lipinski definition) is 2. The molecule has 0 aromatic heterocycles. The molecule has 6 N–H and O–H groups in total. The van der Waals surface area contributed by atoms with Crippen molar-refractivity contribution < 1.29 is 34.1 Å². The highest BCUT2D eigenvalue weighted by molar-refractivity contribution is 6.33. The van der Waals surface area contributed by atoms with Crippen LogP contribution in [0.1, 0.15) is 13.8 Å². The highest BCUT2D eigenvalue weighted by atomic mass is 35.5. The molecule has 0 aliphatic carbocycles. The van der Waals surface area contributed by atoms with E-state index in [1.54, 1.807) is 0 Å². The number of nitrogens with zero attached hydrogens (tertiary/aromatic N) is 3. The van der Waals surface area contributed by atoms with Crippen molar-refractivity contribution in [1.29, 1.82) is 0 Å². The molecule has 1 aliphatic rings. The molecule has 12 nitrogen and oxygen atoms in total. The maximum Gasteiger partial charge on any atom is 0.426 e. The first-order valence-electron chi connectivity index (χ1n) is 10.1. The number of hydrogen-bond acceptors (Lipinski definition) is 9. The van der Waals surface area contributed by atoms with Crippen LogP contribution < -0.4 is 16.4 Å². The number of likely N-dealkylation sites (N-methyl/N-ethyl adjacent to an activating group) is 1. The molecule has 1 heterocycles. The minimum atomic E-state index is -1.71. The fourth-order valence-electron chi connectivity index (χ4n) is 2.99. The van der Waals surface area contributed by atoms with E-state index in [4.69, 9.17) is 11.6 Å². The molecular formula is C20H32ClN5O7. The molecule has 13 heteroatoms. The maximum absolute atomic E-state index is 10.3. The molecule has 1 aromatic rings. The lowest BCUT2D eigenvalue weighted by Gasteiger charge is -2.37. The van der Waals surface area contributed by atoms with E-state index in [1.165, 1.54) is 18.8 Å². The van der Waals surface area contributed by atoms with Crippen LogP contribution in [0.4, 0.5) is 15.3 Å². The van der Waals surface area contributed by atoms with Gasteiger partial charge in [0.1, 0.15) is 0 Å². The van der Waals surface area contributed by atoms with Gasteiger partial charge in [-0.3, -0.25) is 4.90 Å². The van der Waals surface area contributed by atoms with Crippen molar-refractivity contribution in [1.82, 2.24) is 9.80 Å². The van der Waals surface area contributed by atoms with E-state index in [9.17, 15) is 19.2 Å². The van der Waals surface area contributed by atoms with Gasteiger partial charge in [0.25, 0.3) is 0 Å². The molecule has 186 valence electrons. The number of benzene rings is 1. The standard InChI is InChI=1S/C16H26ClN3.C4H4N2O6.H2O/c1-3-18(4-2)8-9-19-10-12-20(13-11-19)16-7-5-6-15(17)14-16;5-3(9)11-1(7)2(8)12-4(6)10;/h5-7,14H,3-4,8-13H2,1-2H3;(H2,5,9)(H2,6,10);1H2. The number of amides is 2. The van der Waals surface area contributed by atoms with Crippen LogP contribution in [0.15, 0.2) is 24.3 Å². The van der Waals surface area contributed by atoms with Crippen LogP contribution in [0.25, 0.3) is 0 Å². The molecule has 2 amide bonds. The number of carbonyl (C=O) groups is 4. The smallest absolute Gasteiger partial charge is 0.412 e. The van der Waals surface area contributed by atoms with Gasteiger partial charge < -0.3 is 36.2 Å². The molecule has 1 aliphatic heterocycles. The number of ether oxygens (including phenoxy) is 2. The maximum atomic E-state index is 10.3. The van der Waals surface area contributed by atoms with Crippen molar-refractivity contribution in [2.45, 2.75) is 13.8 Å². The Labute approximate surface area is 197 Å². The molecule has 1 aromatic carbocycles. The zero-order valence-corrected chi connectivity index (χ0v) is 19.5. The van der Waals surface area contributed by atoms with Gasteiger partial charge in [0.2, 0.25) is 0 Å². The Kier molecular flexibility index (Phi) is 14.4. The lowest BCUT2D eigenvalue weighted by molar-refractivity contribution is -0.159. The van der Waals surface area contributed by atoms with Crippen molar-refractivity contribution >= 4 is 41.4 Å². The Morgan fingerprint density at radius 2 is 1.48 bits per heavy atom. The fourth-order valence-corrected chi connectivity index (χ4v) is 3.18. The molecular weight excluding hydrogens is 458 g/mol. The SMILES string of the molecule is CCN(CC)CCN1CCN(c2cccc(Cl)c2)CC1.NC(=O)OC(=O)C(=O)OC(N)=O.O. The van der Waals surface area contributed by atoms with E-state index in [0.29, 0.717) is 0 Å². The van der Waals surface area contributed by atoms with Crippen LogP contribution in [0.2, 0.25) is 5.02 Å². The van der Waals surface area contributed by atoms with Crippen LogP contribution in [0, 0.1) is 0 Å². The molecule has 0 atom stereocenters. The number of esters is 2. The molecule has 1 saturated heterocycles. The average molecular weight is 490 g/mol. The Morgan fingerprint density at radius 1 is 0.970 bits per heavy atom. The molecule has 1 fully saturated rings. The fraction of sp³-hybridized carbons (Fsp3) is 0.500. The second kappa shape index (κ2) is 15.8. The predicted molar refractivity (Wildman–Crippen MR) is 123 cm³/mol. The highest BCUT2D eigenvalue weighted by Gasteiger charge is 2.21. The van der Waals surface area contributed by atoms with E-state index in [-0.39, 0.29) is 5.48 Å². The van der Waals surface area contributed by atoms with Gasteiger partial charge in [-0.25, -0.2) is 19.2 Å². The summed E-state index contributed by atoms with van der Waals surface area (Å²) < 4.78 is 7.06. The normalized spacial score (nSPS) is 13.3. The number of anilines is 1. The first kappa shape index (κ1) is 30.1. The zero-order valence-electron chi connectivity index (χ0n) is 18.8. The quantitative estimate of drug-likeness (QED) is 0.320. The Balaban J connectivity index is 0.000000685. The Bertz CT molecular complexity index is 758. The van der Waals surface area contributed by atoms with E-state index in [2.05, 4.69) is 61.6 Å². The van der Waals surface area contributed by atoms with Gasteiger partial charge in [-0.05, 0) is 31.3 Å². The molecule has 0 unspecified atom stereocenters. The minimum absolute atomic E-state index is 0. The third-order valence-corrected chi connectivity index (χ3v) is 4.96. The van der Waals surface area contributed by atoms with Gasteiger partial charge in [0.15, 0.2) is 0 Å². The van der Waals surface area contributed by atoms with Crippen molar-refractivity contribution in [3.8, 4) is 0 Å². The van der Waals surface area contributed by atoms with Crippen molar-refractivity contribution in [2.24, 2.45) is 11.5 Å². The molecule has 0 spiro atoms. The highest BCUT2D eigenvalue weighted by Crippen LogP contribution is 2.20. The van der Waals surface area contributed by atoms with Crippen LogP contribution in [0.5, 0.6) is 0 Å². The van der Waals surface area contributed by atoms with E-state index < -0.39 is 24.1 Å². The van der Waals surface area contributed by atoms with Crippen LogP contribution in [-0.4, -0.2) is 91.8 Å². The minimum Gasteiger partial charge on any atom is -0.412 e. The first-order chi connectivity index (χ1) is 15.2. The van der Waals surface area contributed by atoms with E-state index >= 15 is 0 Å². The van der Waals surface area contributed by atoms with Crippen molar-refractivity contribution in [3.63, 3.8) is 0 Å². The molecule has 0 saturated carbocycles. The monoisotopic (exact) mass is 489 g/mol. The summed E-state index contributed by atoms with van der Waals surface area (Å²) in [6, 6.07) is 8.18. The van der Waals surface area contributed by atoms with Gasteiger partial charge >= 0.3 is 24.1 Å². The van der Waals surface area contributed by atoms with Crippen molar-refractivity contribution in [3.05, 3.63) is 29.3 Å². The van der Waals surface area contributed by atoms with Gasteiger partial charge in [-0.1, -0.05) is 31.5 Å². The van der Waals surface area contributed by atoms with Crippen LogP contribution in [0.3, 0.4) is 0 Å². The summed E-state index contributed by atoms with van der Waals surface area (Å²) in [6.07, 6.45) is -2.97. The predicted octanol–water partition coefficient (Wildman–Crippen LogP) is 0.209. The third-order valence-electron chi connectivity index (χ3n) is 4.73. The number of halogens is 1. The summed E-state index contributed by atoms with van der Waals surface area (Å²) in [5.41, 5.74) is 9.96. The Morgan fingerprint density at radius 3 is 1.91 bits per heavy atom. The molecule has 0 radical (unpaired) electrons. The topological polar surface area (TPSA) is 180 Å². The van der Waals surface area contributed by atoms with E-state index in [0.717, 1.165) is 44.3 Å². The lowest BCUT2D eigenvalue weighted by Crippen LogP contribution is -2.48. The number of rotatable bonds is 6. The van der Waals surface area contributed by atoms with Gasteiger partial charge in [-0.15, -0.1) is 0 Å². The summed E-state index contributed by atoms with van der Waals surface area (Å²) in [7, 11) is 0. The number of primary amides is 2. The van der Waals surface area contributed by atoms with Gasteiger partial charge in [0, 0.05) is 50.0 Å². The van der Waals surface area contributed by atoms with Crippen LogP contribution >= 0.6 is 11.6 Å². The summed E-state index contributed by atoms with van der Waals surface area (Å²) in [5.74, 6) is -3.41. The second-order valence-corrected chi connectivity index (χ2v) is 7.19. The van der Waals surface area contributed by atoms with Crippen LogP contribution in [-0.2, 0) is 19.1 Å². The largest absolute Gasteiger partial charge is 0.426 e. The van der Waals surface area contributed by atoms with Gasteiger partial charge in [-0.2, -0.15) is 0 Å². The molecule has 33 heavy (non-hydrogen) atoms. The third kappa shape index (κ3) is 12.0. The zero-order chi connectivity index (χ0) is 24.1. The summed E-state index contributed by atoms with van der Waals surface area (Å²) in [4.78, 5) is 47.8.